The van der Waals surface area contributed by atoms with Crippen LogP contribution in [0.5, 0.6) is 5.75 Å². The first-order chi connectivity index (χ1) is 8.16. The molecule has 1 aliphatic rings. The molecule has 1 aromatic carbocycles. The average molecular weight is 234 g/mol. The van der Waals surface area contributed by atoms with Crippen molar-refractivity contribution in [2.75, 3.05) is 27.2 Å². The fraction of sp³-hybridized carbons (Fsp3) is 0.571. The summed E-state index contributed by atoms with van der Waals surface area (Å²) in [6.45, 7) is 3.16. The second kappa shape index (κ2) is 5.52. The lowest BCUT2D eigenvalue weighted by Crippen LogP contribution is -2.44. The molecule has 1 atom stereocenters. The Balaban J connectivity index is 1.96. The molecule has 94 valence electrons. The van der Waals surface area contributed by atoms with Gasteiger partial charge in [-0.15, -0.1) is 0 Å². The Hall–Kier alpha value is -1.06. The maximum absolute atomic E-state index is 9.77. The topological polar surface area (TPSA) is 26.7 Å². The first-order valence-corrected chi connectivity index (χ1v) is 6.32. The quantitative estimate of drug-likeness (QED) is 0.865. The number of likely N-dealkylation sites (tertiary alicyclic amines) is 1. The lowest BCUT2D eigenvalue weighted by Gasteiger charge is -2.36. The lowest BCUT2D eigenvalue weighted by atomic mass is 10.0. The minimum absolute atomic E-state index is 0.406. The molecule has 0 aliphatic carbocycles. The molecule has 1 N–H and O–H groups in total. The summed E-state index contributed by atoms with van der Waals surface area (Å²) in [6.07, 6.45) is 2.53. The highest BCUT2D eigenvalue weighted by Crippen LogP contribution is 2.20. The van der Waals surface area contributed by atoms with E-state index in [9.17, 15) is 5.11 Å². The van der Waals surface area contributed by atoms with E-state index in [0.29, 0.717) is 11.8 Å². The Bertz CT molecular complexity index is 367. The van der Waals surface area contributed by atoms with Gasteiger partial charge in [0, 0.05) is 24.7 Å². The van der Waals surface area contributed by atoms with E-state index in [-0.39, 0.29) is 0 Å². The van der Waals surface area contributed by atoms with Crippen LogP contribution in [-0.4, -0.2) is 48.1 Å². The van der Waals surface area contributed by atoms with Gasteiger partial charge in [-0.05, 0) is 39.5 Å². The third kappa shape index (κ3) is 3.20. The van der Waals surface area contributed by atoms with Gasteiger partial charge in [-0.25, -0.2) is 0 Å². The van der Waals surface area contributed by atoms with E-state index in [4.69, 9.17) is 0 Å². The number of phenolic OH excluding ortho intramolecular Hbond substituents is 1. The number of likely N-dealkylation sites (N-methyl/N-ethyl adjacent to an activating group) is 2. The SMILES string of the molecule is CN1CCCC(N(C)Cc2ccccc2O)C1. The summed E-state index contributed by atoms with van der Waals surface area (Å²) in [6, 6.07) is 8.21. The molecule has 0 bridgehead atoms. The fourth-order valence-electron chi connectivity index (χ4n) is 2.54. The molecule has 0 amide bonds. The molecule has 1 unspecified atom stereocenters. The summed E-state index contributed by atoms with van der Waals surface area (Å²) < 4.78 is 0. The minimum atomic E-state index is 0.406. The Labute approximate surface area is 104 Å². The van der Waals surface area contributed by atoms with Gasteiger partial charge in [0.1, 0.15) is 5.75 Å². The standard InChI is InChI=1S/C14H22N2O/c1-15-9-5-7-13(11-15)16(2)10-12-6-3-4-8-14(12)17/h3-4,6,8,13,17H,5,7,9-11H2,1-2H3. The number of phenols is 1. The average Bonchev–Trinajstić information content (AvgIpc) is 2.32. The molecule has 3 heteroatoms. The minimum Gasteiger partial charge on any atom is -0.508 e. The van der Waals surface area contributed by atoms with Crippen molar-refractivity contribution in [1.29, 1.82) is 0 Å². The first-order valence-electron chi connectivity index (χ1n) is 6.32. The normalized spacial score (nSPS) is 21.9. The zero-order valence-corrected chi connectivity index (χ0v) is 10.8. The third-order valence-corrected chi connectivity index (χ3v) is 3.63. The lowest BCUT2D eigenvalue weighted by molar-refractivity contribution is 0.129. The Kier molecular flexibility index (Phi) is 4.02. The van der Waals surface area contributed by atoms with Gasteiger partial charge in [0.15, 0.2) is 0 Å². The Morgan fingerprint density at radius 1 is 1.41 bits per heavy atom. The molecular formula is C14H22N2O. The maximum atomic E-state index is 9.77. The van der Waals surface area contributed by atoms with Crippen molar-refractivity contribution in [3.8, 4) is 5.75 Å². The van der Waals surface area contributed by atoms with Crippen LogP contribution in [0.1, 0.15) is 18.4 Å². The van der Waals surface area contributed by atoms with E-state index in [1.54, 1.807) is 6.07 Å². The summed E-state index contributed by atoms with van der Waals surface area (Å²) >= 11 is 0. The van der Waals surface area contributed by atoms with E-state index in [1.165, 1.54) is 19.4 Å². The van der Waals surface area contributed by atoms with E-state index in [0.717, 1.165) is 18.7 Å². The summed E-state index contributed by atoms with van der Waals surface area (Å²) in [5, 5.41) is 9.77. The van der Waals surface area contributed by atoms with Crippen LogP contribution in [0.15, 0.2) is 24.3 Å². The van der Waals surface area contributed by atoms with Crippen LogP contribution in [0, 0.1) is 0 Å². The molecule has 1 heterocycles. The van der Waals surface area contributed by atoms with Crippen LogP contribution < -0.4 is 0 Å². The molecule has 0 spiro atoms. The highest BCUT2D eigenvalue weighted by atomic mass is 16.3. The molecule has 0 aromatic heterocycles. The highest BCUT2D eigenvalue weighted by molar-refractivity contribution is 5.31. The zero-order chi connectivity index (χ0) is 12.3. The molecule has 1 saturated heterocycles. The van der Waals surface area contributed by atoms with E-state index in [2.05, 4.69) is 23.9 Å². The number of piperidine rings is 1. The van der Waals surface area contributed by atoms with E-state index in [1.807, 2.05) is 18.2 Å². The van der Waals surface area contributed by atoms with Crippen molar-refractivity contribution in [2.24, 2.45) is 0 Å². The van der Waals surface area contributed by atoms with Crippen LogP contribution in [0.3, 0.4) is 0 Å². The number of rotatable bonds is 3. The predicted octanol–water partition coefficient (Wildman–Crippen LogP) is 1.92. The molecule has 1 aliphatic heterocycles. The number of benzene rings is 1. The molecule has 2 rings (SSSR count). The van der Waals surface area contributed by atoms with Crippen LogP contribution in [0.2, 0.25) is 0 Å². The van der Waals surface area contributed by atoms with Gasteiger partial charge in [-0.3, -0.25) is 4.90 Å². The number of aromatic hydroxyl groups is 1. The van der Waals surface area contributed by atoms with Crippen LogP contribution >= 0.6 is 0 Å². The van der Waals surface area contributed by atoms with Crippen molar-refractivity contribution in [3.05, 3.63) is 29.8 Å². The van der Waals surface area contributed by atoms with Crippen LogP contribution in [0.4, 0.5) is 0 Å². The van der Waals surface area contributed by atoms with E-state index < -0.39 is 0 Å². The molecule has 3 nitrogen and oxygen atoms in total. The molecule has 1 fully saturated rings. The smallest absolute Gasteiger partial charge is 0.120 e. The zero-order valence-electron chi connectivity index (χ0n) is 10.8. The molecule has 17 heavy (non-hydrogen) atoms. The van der Waals surface area contributed by atoms with Crippen LogP contribution in [0.25, 0.3) is 0 Å². The first kappa shape index (κ1) is 12.4. The number of para-hydroxylation sites is 1. The van der Waals surface area contributed by atoms with Crippen LogP contribution in [-0.2, 0) is 6.54 Å². The molecule has 1 aromatic rings. The number of hydrogen-bond acceptors (Lipinski definition) is 3. The molecule has 0 saturated carbocycles. The van der Waals surface area contributed by atoms with Crippen molar-refractivity contribution >= 4 is 0 Å². The summed E-state index contributed by atoms with van der Waals surface area (Å²) in [7, 11) is 4.33. The Morgan fingerprint density at radius 3 is 2.88 bits per heavy atom. The van der Waals surface area contributed by atoms with Crippen molar-refractivity contribution < 1.29 is 5.11 Å². The van der Waals surface area contributed by atoms with Gasteiger partial charge >= 0.3 is 0 Å². The summed E-state index contributed by atoms with van der Waals surface area (Å²) in [4.78, 5) is 4.74. The monoisotopic (exact) mass is 234 g/mol. The predicted molar refractivity (Wildman–Crippen MR) is 70.1 cm³/mol. The van der Waals surface area contributed by atoms with Crippen molar-refractivity contribution in [3.63, 3.8) is 0 Å². The molecule has 0 radical (unpaired) electrons. The largest absolute Gasteiger partial charge is 0.508 e. The van der Waals surface area contributed by atoms with Gasteiger partial charge in [-0.2, -0.15) is 0 Å². The maximum Gasteiger partial charge on any atom is 0.120 e. The fourth-order valence-corrected chi connectivity index (χ4v) is 2.54. The summed E-state index contributed by atoms with van der Waals surface area (Å²) in [5.74, 6) is 0.406. The van der Waals surface area contributed by atoms with E-state index >= 15 is 0 Å². The third-order valence-electron chi connectivity index (χ3n) is 3.63. The summed E-state index contributed by atoms with van der Waals surface area (Å²) in [5.41, 5.74) is 1.02. The van der Waals surface area contributed by atoms with Gasteiger partial charge in [0.05, 0.1) is 0 Å². The van der Waals surface area contributed by atoms with Crippen molar-refractivity contribution in [1.82, 2.24) is 9.80 Å². The van der Waals surface area contributed by atoms with Gasteiger partial charge in [0.25, 0.3) is 0 Å². The van der Waals surface area contributed by atoms with Gasteiger partial charge < -0.3 is 10.0 Å². The Morgan fingerprint density at radius 2 is 2.18 bits per heavy atom. The van der Waals surface area contributed by atoms with Gasteiger partial charge in [0.2, 0.25) is 0 Å². The van der Waals surface area contributed by atoms with Gasteiger partial charge in [-0.1, -0.05) is 18.2 Å². The van der Waals surface area contributed by atoms with Crippen molar-refractivity contribution in [2.45, 2.75) is 25.4 Å². The highest BCUT2D eigenvalue weighted by Gasteiger charge is 2.21. The number of nitrogens with zero attached hydrogens (tertiary/aromatic N) is 2. The second-order valence-electron chi connectivity index (χ2n) is 5.10. The number of hydrogen-bond donors (Lipinski definition) is 1. The second-order valence-corrected chi connectivity index (χ2v) is 5.10. The molecular weight excluding hydrogens is 212 g/mol.